The van der Waals surface area contributed by atoms with Crippen LogP contribution in [0.2, 0.25) is 0 Å². The molecule has 27 heavy (non-hydrogen) atoms. The maximum Gasteiger partial charge on any atom is 0.251 e. The van der Waals surface area contributed by atoms with Gasteiger partial charge < -0.3 is 20.3 Å². The van der Waals surface area contributed by atoms with Gasteiger partial charge in [0.25, 0.3) is 5.91 Å². The molecule has 1 heterocycles. The highest BCUT2D eigenvalue weighted by atomic mass is 127. The highest BCUT2D eigenvalue weighted by Crippen LogP contribution is 2.21. The van der Waals surface area contributed by atoms with E-state index >= 15 is 0 Å². The Hall–Kier alpha value is -1.16. The summed E-state index contributed by atoms with van der Waals surface area (Å²) in [5.41, 5.74) is 0.596. The summed E-state index contributed by atoms with van der Waals surface area (Å²) in [7, 11) is 1.59. The third-order valence-corrected chi connectivity index (χ3v) is 5.59. The predicted octanol–water partition coefficient (Wildman–Crippen LogP) is 2.84. The van der Waals surface area contributed by atoms with Crippen molar-refractivity contribution in [1.82, 2.24) is 15.5 Å². The van der Waals surface area contributed by atoms with E-state index in [0.29, 0.717) is 29.7 Å². The van der Waals surface area contributed by atoms with Gasteiger partial charge in [0.15, 0.2) is 5.96 Å². The second kappa shape index (κ2) is 13.1. The number of hydrogen-bond acceptors (Lipinski definition) is 4. The van der Waals surface area contributed by atoms with Crippen LogP contribution in [0.4, 0.5) is 0 Å². The van der Waals surface area contributed by atoms with Gasteiger partial charge in [0.2, 0.25) is 0 Å². The van der Waals surface area contributed by atoms with E-state index in [1.54, 1.807) is 19.2 Å². The van der Waals surface area contributed by atoms with Crippen LogP contribution in [0.1, 0.15) is 30.6 Å². The number of carbonyl (C=O) groups excluding carboxylic acids is 1. The molecule has 0 aliphatic carbocycles. The van der Waals surface area contributed by atoms with E-state index in [1.807, 2.05) is 23.9 Å². The first kappa shape index (κ1) is 23.9. The van der Waals surface area contributed by atoms with E-state index in [-0.39, 0.29) is 29.9 Å². The molecule has 1 atom stereocenters. The summed E-state index contributed by atoms with van der Waals surface area (Å²) in [6.07, 6.45) is 1.18. The van der Waals surface area contributed by atoms with E-state index in [9.17, 15) is 4.79 Å². The van der Waals surface area contributed by atoms with Crippen molar-refractivity contribution in [2.24, 2.45) is 4.99 Å². The predicted molar refractivity (Wildman–Crippen MR) is 125 cm³/mol. The van der Waals surface area contributed by atoms with Crippen molar-refractivity contribution in [3.05, 3.63) is 29.8 Å². The molecule has 1 fully saturated rings. The van der Waals surface area contributed by atoms with Gasteiger partial charge in [0, 0.05) is 42.7 Å². The number of hydrogen-bond donors (Lipinski definition) is 2. The van der Waals surface area contributed by atoms with Gasteiger partial charge in [-0.3, -0.25) is 9.79 Å². The second-order valence-electron chi connectivity index (χ2n) is 6.07. The van der Waals surface area contributed by atoms with Gasteiger partial charge in [-0.1, -0.05) is 13.0 Å². The molecule has 2 rings (SSSR count). The SMILES string of the molecule is CCNC(=NCCNC(=O)c1cccc(OC)c1)N1CCSC(CC)C1.I. The number of ether oxygens (including phenoxy) is 1. The third kappa shape index (κ3) is 7.77. The fourth-order valence-corrected chi connectivity index (χ4v) is 3.96. The molecule has 0 radical (unpaired) electrons. The van der Waals surface area contributed by atoms with Crippen molar-refractivity contribution in [2.75, 3.05) is 45.6 Å². The number of guanidine groups is 1. The van der Waals surface area contributed by atoms with Crippen molar-refractivity contribution in [3.8, 4) is 5.75 Å². The zero-order valence-electron chi connectivity index (χ0n) is 16.4. The molecule has 8 heteroatoms. The van der Waals surface area contributed by atoms with Crippen LogP contribution < -0.4 is 15.4 Å². The minimum Gasteiger partial charge on any atom is -0.497 e. The molecule has 1 aromatic carbocycles. The Labute approximate surface area is 183 Å². The maximum absolute atomic E-state index is 12.2. The van der Waals surface area contributed by atoms with Gasteiger partial charge in [-0.2, -0.15) is 11.8 Å². The quantitative estimate of drug-likeness (QED) is 0.258. The number of nitrogens with zero attached hydrogens (tertiary/aromatic N) is 2. The van der Waals surface area contributed by atoms with Crippen LogP contribution in [0.25, 0.3) is 0 Å². The molecule has 1 unspecified atom stereocenters. The second-order valence-corrected chi connectivity index (χ2v) is 7.48. The molecule has 1 amide bonds. The molecule has 0 bridgehead atoms. The number of carbonyl (C=O) groups is 1. The first-order valence-corrected chi connectivity index (χ1v) is 10.3. The lowest BCUT2D eigenvalue weighted by Gasteiger charge is -2.34. The molecule has 152 valence electrons. The first-order valence-electron chi connectivity index (χ1n) is 9.25. The van der Waals surface area contributed by atoms with Gasteiger partial charge in [0.1, 0.15) is 5.75 Å². The molecule has 1 aromatic rings. The van der Waals surface area contributed by atoms with Crippen molar-refractivity contribution >= 4 is 47.6 Å². The lowest BCUT2D eigenvalue weighted by molar-refractivity contribution is 0.0954. The topological polar surface area (TPSA) is 66.0 Å². The Balaban J connectivity index is 0.00000364. The van der Waals surface area contributed by atoms with Crippen LogP contribution in [0, 0.1) is 0 Å². The average molecular weight is 506 g/mol. The van der Waals surface area contributed by atoms with Gasteiger partial charge in [-0.15, -0.1) is 24.0 Å². The lowest BCUT2D eigenvalue weighted by atomic mass is 10.2. The number of amides is 1. The lowest BCUT2D eigenvalue weighted by Crippen LogP contribution is -2.48. The molecule has 1 aliphatic rings. The third-order valence-electron chi connectivity index (χ3n) is 4.22. The highest BCUT2D eigenvalue weighted by molar-refractivity contribution is 14.0. The molecule has 0 aromatic heterocycles. The molecule has 2 N–H and O–H groups in total. The molecule has 1 saturated heterocycles. The average Bonchev–Trinajstić information content (AvgIpc) is 2.70. The summed E-state index contributed by atoms with van der Waals surface area (Å²) in [6, 6.07) is 7.15. The zero-order chi connectivity index (χ0) is 18.8. The molecule has 1 aliphatic heterocycles. The van der Waals surface area contributed by atoms with Crippen molar-refractivity contribution in [3.63, 3.8) is 0 Å². The molecule has 0 saturated carbocycles. The minimum absolute atomic E-state index is 0. The number of benzene rings is 1. The highest BCUT2D eigenvalue weighted by Gasteiger charge is 2.21. The van der Waals surface area contributed by atoms with Crippen LogP contribution in [0.3, 0.4) is 0 Å². The van der Waals surface area contributed by atoms with Crippen molar-refractivity contribution in [2.45, 2.75) is 25.5 Å². The van der Waals surface area contributed by atoms with E-state index < -0.39 is 0 Å². The van der Waals surface area contributed by atoms with Gasteiger partial charge in [0.05, 0.1) is 13.7 Å². The largest absolute Gasteiger partial charge is 0.497 e. The number of halogens is 1. The maximum atomic E-state index is 12.2. The van der Waals surface area contributed by atoms with E-state index in [0.717, 1.165) is 31.3 Å². The standard InChI is InChI=1S/C19H30N4O2S.HI/c1-4-17-14-23(11-12-26-17)19(20-5-2)22-10-9-21-18(24)15-7-6-8-16(13-15)25-3;/h6-8,13,17H,4-5,9-12,14H2,1-3H3,(H,20,22)(H,21,24);1H. The van der Waals surface area contributed by atoms with Crippen LogP contribution in [-0.4, -0.2) is 67.6 Å². The van der Waals surface area contributed by atoms with Gasteiger partial charge in [-0.25, -0.2) is 0 Å². The number of methoxy groups -OCH3 is 1. The van der Waals surface area contributed by atoms with Crippen molar-refractivity contribution < 1.29 is 9.53 Å². The summed E-state index contributed by atoms with van der Waals surface area (Å²) in [4.78, 5) is 19.2. The van der Waals surface area contributed by atoms with Crippen LogP contribution >= 0.6 is 35.7 Å². The van der Waals surface area contributed by atoms with Crippen LogP contribution in [0.15, 0.2) is 29.3 Å². The van der Waals surface area contributed by atoms with Gasteiger partial charge in [-0.05, 0) is 31.5 Å². The Kier molecular flexibility index (Phi) is 11.6. The van der Waals surface area contributed by atoms with E-state index in [4.69, 9.17) is 4.74 Å². The number of rotatable bonds is 7. The van der Waals surface area contributed by atoms with E-state index in [2.05, 4.69) is 34.4 Å². The summed E-state index contributed by atoms with van der Waals surface area (Å²) in [6.45, 7) is 8.26. The summed E-state index contributed by atoms with van der Waals surface area (Å²) in [5.74, 6) is 2.65. The Morgan fingerprint density at radius 3 is 2.89 bits per heavy atom. The monoisotopic (exact) mass is 506 g/mol. The fraction of sp³-hybridized carbons (Fsp3) is 0.579. The molecular formula is C19H31IN4O2S. The number of thioether (sulfide) groups is 1. The summed E-state index contributed by atoms with van der Waals surface area (Å²) < 4.78 is 5.16. The number of nitrogens with one attached hydrogen (secondary N) is 2. The van der Waals surface area contributed by atoms with E-state index in [1.165, 1.54) is 6.42 Å². The minimum atomic E-state index is -0.107. The molecular weight excluding hydrogens is 475 g/mol. The van der Waals surface area contributed by atoms with Gasteiger partial charge >= 0.3 is 0 Å². The fourth-order valence-electron chi connectivity index (χ4n) is 2.78. The summed E-state index contributed by atoms with van der Waals surface area (Å²) in [5, 5.41) is 6.95. The number of aliphatic imine (C=N–C) groups is 1. The van der Waals surface area contributed by atoms with Crippen LogP contribution in [-0.2, 0) is 0 Å². The Bertz CT molecular complexity index is 615. The smallest absolute Gasteiger partial charge is 0.251 e. The summed E-state index contributed by atoms with van der Waals surface area (Å²) >= 11 is 2.04. The Morgan fingerprint density at radius 2 is 2.19 bits per heavy atom. The molecule has 0 spiro atoms. The molecule has 6 nitrogen and oxygen atoms in total. The van der Waals surface area contributed by atoms with Crippen LogP contribution in [0.5, 0.6) is 5.75 Å². The van der Waals surface area contributed by atoms with Crippen molar-refractivity contribution in [1.29, 1.82) is 0 Å². The zero-order valence-corrected chi connectivity index (χ0v) is 19.5. The first-order chi connectivity index (χ1) is 12.7. The Morgan fingerprint density at radius 1 is 1.37 bits per heavy atom. The normalized spacial score (nSPS) is 17.1.